The summed E-state index contributed by atoms with van der Waals surface area (Å²) in [6.07, 6.45) is 5.68. The molecular weight excluding hydrogens is 368 g/mol. The molecule has 2 aromatic carbocycles. The number of carbonyl (C=O) groups excluding carboxylic acids is 2. The van der Waals surface area contributed by atoms with Crippen molar-refractivity contribution in [3.8, 4) is 11.5 Å². The van der Waals surface area contributed by atoms with Crippen LogP contribution >= 0.6 is 0 Å². The van der Waals surface area contributed by atoms with Crippen molar-refractivity contribution in [1.29, 1.82) is 0 Å². The summed E-state index contributed by atoms with van der Waals surface area (Å²) in [5, 5.41) is 2.87. The third-order valence-corrected chi connectivity index (χ3v) is 4.93. The van der Waals surface area contributed by atoms with Crippen molar-refractivity contribution < 1.29 is 19.1 Å². The molecule has 3 rings (SSSR count). The maximum atomic E-state index is 12.4. The van der Waals surface area contributed by atoms with Crippen LogP contribution in [0.4, 0.5) is 11.4 Å². The molecular formula is C23H26N2O4. The minimum absolute atomic E-state index is 0.135. The Morgan fingerprint density at radius 1 is 1.07 bits per heavy atom. The fraction of sp³-hybridized carbons (Fsp3) is 0.304. The molecule has 0 bridgehead atoms. The van der Waals surface area contributed by atoms with Gasteiger partial charge in [-0.05, 0) is 61.2 Å². The van der Waals surface area contributed by atoms with E-state index in [-0.39, 0.29) is 11.8 Å². The lowest BCUT2D eigenvalue weighted by Crippen LogP contribution is -2.35. The van der Waals surface area contributed by atoms with E-state index in [0.29, 0.717) is 23.6 Å². The van der Waals surface area contributed by atoms with Gasteiger partial charge in [-0.3, -0.25) is 9.59 Å². The zero-order valence-corrected chi connectivity index (χ0v) is 17.0. The van der Waals surface area contributed by atoms with Gasteiger partial charge in [0, 0.05) is 30.4 Å². The lowest BCUT2D eigenvalue weighted by atomic mass is 10.1. The molecule has 1 heterocycles. The van der Waals surface area contributed by atoms with Crippen LogP contribution in [0, 0.1) is 6.92 Å². The second kappa shape index (κ2) is 9.28. The topological polar surface area (TPSA) is 67.9 Å². The molecule has 6 nitrogen and oxygen atoms in total. The molecule has 0 saturated carbocycles. The number of methoxy groups -OCH3 is 2. The van der Waals surface area contributed by atoms with Crippen LogP contribution in [0.25, 0.3) is 6.08 Å². The number of amides is 2. The number of piperidine rings is 1. The molecule has 152 valence electrons. The number of nitrogens with zero attached hydrogens (tertiary/aromatic N) is 1. The highest BCUT2D eigenvalue weighted by Crippen LogP contribution is 2.29. The Hall–Kier alpha value is -3.28. The molecule has 2 amide bonds. The van der Waals surface area contributed by atoms with Crippen LogP contribution in [-0.2, 0) is 9.59 Å². The van der Waals surface area contributed by atoms with Crippen LogP contribution < -0.4 is 19.7 Å². The number of rotatable bonds is 6. The van der Waals surface area contributed by atoms with Crippen LogP contribution in [0.15, 0.2) is 42.5 Å². The third-order valence-electron chi connectivity index (χ3n) is 4.93. The predicted octanol–water partition coefficient (Wildman–Crippen LogP) is 4.18. The summed E-state index contributed by atoms with van der Waals surface area (Å²) < 4.78 is 10.5. The minimum Gasteiger partial charge on any atom is -0.493 e. The molecule has 0 atom stereocenters. The van der Waals surface area contributed by atoms with E-state index in [4.69, 9.17) is 9.47 Å². The van der Waals surface area contributed by atoms with Gasteiger partial charge in [-0.1, -0.05) is 12.1 Å². The average Bonchev–Trinajstić information content (AvgIpc) is 2.74. The molecule has 1 aliphatic rings. The van der Waals surface area contributed by atoms with E-state index in [1.54, 1.807) is 32.4 Å². The molecule has 1 aliphatic heterocycles. The number of nitrogens with one attached hydrogen (secondary N) is 1. The van der Waals surface area contributed by atoms with Gasteiger partial charge in [0.15, 0.2) is 11.5 Å². The standard InChI is InChI=1S/C23H26N2O4/c1-16-7-10-18(15-19(16)25-13-5-4-6-23(25)27)24-22(26)12-9-17-8-11-20(28-2)21(14-17)29-3/h7-12,14-15H,4-6,13H2,1-3H3,(H,24,26)/b12-9+. The number of benzene rings is 2. The van der Waals surface area contributed by atoms with E-state index >= 15 is 0 Å². The number of hydrogen-bond acceptors (Lipinski definition) is 4. The number of hydrogen-bond donors (Lipinski definition) is 1. The maximum absolute atomic E-state index is 12.4. The van der Waals surface area contributed by atoms with Gasteiger partial charge < -0.3 is 19.7 Å². The normalized spacial score (nSPS) is 14.2. The van der Waals surface area contributed by atoms with Crippen LogP contribution in [-0.4, -0.2) is 32.6 Å². The quantitative estimate of drug-likeness (QED) is 0.747. The first-order valence-corrected chi connectivity index (χ1v) is 9.64. The van der Waals surface area contributed by atoms with Gasteiger partial charge >= 0.3 is 0 Å². The first-order valence-electron chi connectivity index (χ1n) is 9.64. The van der Waals surface area contributed by atoms with Crippen LogP contribution in [0.2, 0.25) is 0 Å². The van der Waals surface area contributed by atoms with Crippen molar-refractivity contribution in [2.75, 3.05) is 31.0 Å². The highest BCUT2D eigenvalue weighted by molar-refractivity contribution is 6.03. The average molecular weight is 394 g/mol. The van der Waals surface area contributed by atoms with Crippen molar-refractivity contribution in [1.82, 2.24) is 0 Å². The summed E-state index contributed by atoms with van der Waals surface area (Å²) in [7, 11) is 3.15. The minimum atomic E-state index is -0.250. The summed E-state index contributed by atoms with van der Waals surface area (Å²) in [6.45, 7) is 2.69. The van der Waals surface area contributed by atoms with E-state index in [9.17, 15) is 9.59 Å². The SMILES string of the molecule is COc1ccc(/C=C/C(=O)Nc2ccc(C)c(N3CCCCC3=O)c2)cc1OC. The first kappa shape index (κ1) is 20.5. The van der Waals surface area contributed by atoms with Crippen LogP contribution in [0.1, 0.15) is 30.4 Å². The van der Waals surface area contributed by atoms with E-state index in [0.717, 1.165) is 36.2 Å². The van der Waals surface area contributed by atoms with E-state index < -0.39 is 0 Å². The summed E-state index contributed by atoms with van der Waals surface area (Å²) in [5.41, 5.74) is 3.35. The van der Waals surface area contributed by atoms with Gasteiger partial charge in [-0.15, -0.1) is 0 Å². The first-order chi connectivity index (χ1) is 14.0. The Labute approximate surface area is 171 Å². The Morgan fingerprint density at radius 3 is 2.59 bits per heavy atom. The van der Waals surface area contributed by atoms with Gasteiger partial charge in [0.25, 0.3) is 0 Å². The van der Waals surface area contributed by atoms with Gasteiger partial charge in [-0.2, -0.15) is 0 Å². The molecule has 0 unspecified atom stereocenters. The monoisotopic (exact) mass is 394 g/mol. The lowest BCUT2D eigenvalue weighted by molar-refractivity contribution is -0.119. The van der Waals surface area contributed by atoms with E-state index in [1.165, 1.54) is 6.08 Å². The summed E-state index contributed by atoms with van der Waals surface area (Å²) in [4.78, 5) is 26.4. The summed E-state index contributed by atoms with van der Waals surface area (Å²) in [5.74, 6) is 1.12. The van der Waals surface area contributed by atoms with Crippen LogP contribution in [0.5, 0.6) is 11.5 Å². The molecule has 1 saturated heterocycles. The molecule has 29 heavy (non-hydrogen) atoms. The van der Waals surface area contributed by atoms with Crippen LogP contribution in [0.3, 0.4) is 0 Å². The zero-order chi connectivity index (χ0) is 20.8. The van der Waals surface area contributed by atoms with Gasteiger partial charge in [-0.25, -0.2) is 0 Å². The zero-order valence-electron chi connectivity index (χ0n) is 17.0. The van der Waals surface area contributed by atoms with Crippen molar-refractivity contribution >= 4 is 29.3 Å². The Balaban J connectivity index is 1.71. The molecule has 0 spiro atoms. The number of anilines is 2. The number of ether oxygens (including phenoxy) is 2. The summed E-state index contributed by atoms with van der Waals surface area (Å²) in [6, 6.07) is 11.1. The van der Waals surface area contributed by atoms with Crippen molar-refractivity contribution in [2.45, 2.75) is 26.2 Å². The van der Waals surface area contributed by atoms with Gasteiger partial charge in [0.2, 0.25) is 11.8 Å². The summed E-state index contributed by atoms with van der Waals surface area (Å²) >= 11 is 0. The molecule has 0 aliphatic carbocycles. The molecule has 0 radical (unpaired) electrons. The molecule has 2 aromatic rings. The molecule has 6 heteroatoms. The highest BCUT2D eigenvalue weighted by atomic mass is 16.5. The van der Waals surface area contributed by atoms with Crippen molar-refractivity contribution in [3.63, 3.8) is 0 Å². The fourth-order valence-corrected chi connectivity index (χ4v) is 3.35. The largest absolute Gasteiger partial charge is 0.493 e. The second-order valence-corrected chi connectivity index (χ2v) is 6.94. The third kappa shape index (κ3) is 4.96. The number of aryl methyl sites for hydroxylation is 1. The maximum Gasteiger partial charge on any atom is 0.248 e. The van der Waals surface area contributed by atoms with E-state index in [2.05, 4.69) is 5.32 Å². The Kier molecular flexibility index (Phi) is 6.54. The van der Waals surface area contributed by atoms with Gasteiger partial charge in [0.1, 0.15) is 0 Å². The molecule has 1 fully saturated rings. The van der Waals surface area contributed by atoms with Gasteiger partial charge in [0.05, 0.1) is 14.2 Å². The van der Waals surface area contributed by atoms with Crippen molar-refractivity contribution in [2.24, 2.45) is 0 Å². The number of carbonyl (C=O) groups is 2. The smallest absolute Gasteiger partial charge is 0.248 e. The lowest BCUT2D eigenvalue weighted by Gasteiger charge is -2.28. The molecule has 1 N–H and O–H groups in total. The highest BCUT2D eigenvalue weighted by Gasteiger charge is 2.21. The Morgan fingerprint density at radius 2 is 1.86 bits per heavy atom. The van der Waals surface area contributed by atoms with E-state index in [1.807, 2.05) is 36.1 Å². The predicted molar refractivity (Wildman–Crippen MR) is 115 cm³/mol. The van der Waals surface area contributed by atoms with Crippen molar-refractivity contribution in [3.05, 3.63) is 53.6 Å². The second-order valence-electron chi connectivity index (χ2n) is 6.94. The Bertz CT molecular complexity index is 936. The fourth-order valence-electron chi connectivity index (χ4n) is 3.35. The molecule has 0 aromatic heterocycles.